The van der Waals surface area contributed by atoms with E-state index in [4.69, 9.17) is 4.74 Å². The average Bonchev–Trinajstić information content (AvgIpc) is 3.43. The van der Waals surface area contributed by atoms with E-state index in [0.717, 1.165) is 0 Å². The molecule has 37 heavy (non-hydrogen) atoms. The van der Waals surface area contributed by atoms with Crippen LogP contribution in [0.2, 0.25) is 0 Å². The first kappa shape index (κ1) is 24.5. The first-order valence-corrected chi connectivity index (χ1v) is 12.3. The predicted molar refractivity (Wildman–Crippen MR) is 138 cm³/mol. The minimum Gasteiger partial charge on any atom is -0.489 e. The minimum atomic E-state index is -1.15. The molecule has 0 fully saturated rings. The van der Waals surface area contributed by atoms with Crippen LogP contribution in [0.5, 0.6) is 5.75 Å². The number of nitrogens with one attached hydrogen (secondary N) is 1. The quantitative estimate of drug-likeness (QED) is 0.405. The number of benzene rings is 2. The maximum absolute atomic E-state index is 14.3. The fraction of sp³-hybridized carbons (Fsp3) is 0.222. The second kappa shape index (κ2) is 9.35. The lowest BCUT2D eigenvalue weighted by Gasteiger charge is -2.20. The number of likely N-dealkylation sites (N-methyl/N-ethyl adjacent to an activating group) is 1. The van der Waals surface area contributed by atoms with Gasteiger partial charge in [0, 0.05) is 29.8 Å². The van der Waals surface area contributed by atoms with Gasteiger partial charge in [0.2, 0.25) is 0 Å². The van der Waals surface area contributed by atoms with Gasteiger partial charge in [0.15, 0.2) is 4.96 Å². The second-order valence-corrected chi connectivity index (χ2v) is 9.94. The Morgan fingerprint density at radius 2 is 2.08 bits per heavy atom. The van der Waals surface area contributed by atoms with E-state index in [1.807, 2.05) is 0 Å². The number of nitrogens with zero attached hydrogens (tertiary/aromatic N) is 3. The Bertz CT molecular complexity index is 1590. The van der Waals surface area contributed by atoms with Crippen LogP contribution >= 0.6 is 11.3 Å². The van der Waals surface area contributed by atoms with E-state index in [2.05, 4.69) is 22.1 Å². The highest BCUT2D eigenvalue weighted by molar-refractivity contribution is 7.15. The molecule has 2 amide bonds. The summed E-state index contributed by atoms with van der Waals surface area (Å²) in [4.78, 5) is 32.5. The average molecular weight is 519 g/mol. The lowest BCUT2D eigenvalue weighted by Crippen LogP contribution is -2.49. The molecular weight excluding hydrogens is 495 g/mol. The summed E-state index contributed by atoms with van der Waals surface area (Å²) in [5.74, 6) is 4.81. The van der Waals surface area contributed by atoms with Crippen molar-refractivity contribution in [1.82, 2.24) is 14.7 Å². The third-order valence-corrected chi connectivity index (χ3v) is 6.60. The van der Waals surface area contributed by atoms with Crippen LogP contribution in [0.3, 0.4) is 0 Å². The van der Waals surface area contributed by atoms with Gasteiger partial charge in [-0.15, -0.1) is 11.3 Å². The van der Waals surface area contributed by atoms with Crippen molar-refractivity contribution in [3.8, 4) is 28.8 Å². The van der Waals surface area contributed by atoms with Crippen LogP contribution in [0, 0.1) is 17.7 Å². The molecular formula is C27H23FN4O4S. The molecule has 5 rings (SSSR count). The number of thiazole rings is 1. The van der Waals surface area contributed by atoms with Crippen molar-refractivity contribution < 1.29 is 23.8 Å². The highest BCUT2D eigenvalue weighted by atomic mass is 32.1. The zero-order valence-electron chi connectivity index (χ0n) is 20.3. The van der Waals surface area contributed by atoms with Gasteiger partial charge < -0.3 is 20.1 Å². The van der Waals surface area contributed by atoms with E-state index in [9.17, 15) is 19.1 Å². The number of aliphatic hydroxyl groups is 1. The van der Waals surface area contributed by atoms with Crippen LogP contribution in [0.15, 0.2) is 54.0 Å². The Balaban J connectivity index is 1.36. The van der Waals surface area contributed by atoms with Gasteiger partial charge in [-0.05, 0) is 44.2 Å². The van der Waals surface area contributed by atoms with Gasteiger partial charge in [-0.3, -0.25) is 14.0 Å². The lowest BCUT2D eigenvalue weighted by atomic mass is 10.1. The number of hydrogen-bond donors (Lipinski definition) is 2. The van der Waals surface area contributed by atoms with Crippen molar-refractivity contribution in [2.75, 3.05) is 18.6 Å². The third-order valence-electron chi connectivity index (χ3n) is 5.76. The number of carbonyl (C=O) groups is 2. The number of hydrogen-bond acceptors (Lipinski definition) is 6. The van der Waals surface area contributed by atoms with Crippen molar-refractivity contribution in [3.05, 3.63) is 71.1 Å². The largest absolute Gasteiger partial charge is 0.489 e. The van der Waals surface area contributed by atoms with E-state index in [1.54, 1.807) is 67.1 Å². The Kier molecular flexibility index (Phi) is 6.19. The molecule has 0 radical (unpaired) electrons. The maximum Gasteiger partial charge on any atom is 0.272 e. The van der Waals surface area contributed by atoms with Crippen LogP contribution in [0.4, 0.5) is 10.1 Å². The Labute approximate surface area is 216 Å². The van der Waals surface area contributed by atoms with E-state index in [-0.39, 0.29) is 24.0 Å². The molecule has 0 saturated carbocycles. The van der Waals surface area contributed by atoms with Gasteiger partial charge in [-0.25, -0.2) is 9.37 Å². The molecule has 4 aromatic rings. The number of aromatic nitrogens is 2. The molecule has 10 heteroatoms. The number of fused-ring (bicyclic) bond motifs is 2. The van der Waals surface area contributed by atoms with Crippen LogP contribution in [-0.2, 0) is 4.79 Å². The first-order chi connectivity index (χ1) is 17.6. The van der Waals surface area contributed by atoms with Gasteiger partial charge in [0.25, 0.3) is 11.8 Å². The summed E-state index contributed by atoms with van der Waals surface area (Å²) in [5.41, 5.74) is 1.04. The van der Waals surface area contributed by atoms with Crippen LogP contribution in [0.1, 0.15) is 29.9 Å². The minimum absolute atomic E-state index is 0.0701. The zero-order chi connectivity index (χ0) is 26.3. The van der Waals surface area contributed by atoms with Crippen molar-refractivity contribution in [2.45, 2.75) is 25.5 Å². The molecule has 0 saturated heterocycles. The van der Waals surface area contributed by atoms with Crippen molar-refractivity contribution in [3.63, 3.8) is 0 Å². The van der Waals surface area contributed by atoms with E-state index in [1.165, 1.54) is 28.5 Å². The van der Waals surface area contributed by atoms with Crippen LogP contribution in [0.25, 0.3) is 16.2 Å². The number of anilines is 1. The molecule has 188 valence electrons. The van der Waals surface area contributed by atoms with Crippen LogP contribution < -0.4 is 15.0 Å². The number of halogens is 1. The molecule has 3 heterocycles. The molecule has 1 aliphatic rings. The van der Waals surface area contributed by atoms with Crippen molar-refractivity contribution in [1.29, 1.82) is 0 Å². The number of amides is 2. The molecule has 8 nitrogen and oxygen atoms in total. The summed E-state index contributed by atoms with van der Waals surface area (Å²) < 4.78 is 21.8. The monoisotopic (exact) mass is 518 g/mol. The van der Waals surface area contributed by atoms with Gasteiger partial charge in [0.1, 0.15) is 35.5 Å². The molecule has 2 aromatic heterocycles. The molecule has 2 N–H and O–H groups in total. The Hall–Kier alpha value is -4.20. The summed E-state index contributed by atoms with van der Waals surface area (Å²) in [6, 6.07) is 10.6. The molecule has 2 aromatic carbocycles. The number of imidazole rings is 1. The van der Waals surface area contributed by atoms with Gasteiger partial charge in [-0.2, -0.15) is 0 Å². The fourth-order valence-electron chi connectivity index (χ4n) is 3.89. The van der Waals surface area contributed by atoms with E-state index >= 15 is 0 Å². The van der Waals surface area contributed by atoms with Crippen molar-refractivity contribution >= 4 is 33.8 Å². The molecule has 0 unspecified atom stereocenters. The van der Waals surface area contributed by atoms with Crippen molar-refractivity contribution in [2.24, 2.45) is 0 Å². The fourth-order valence-corrected chi connectivity index (χ4v) is 4.77. The van der Waals surface area contributed by atoms with Crippen LogP contribution in [-0.4, -0.2) is 51.6 Å². The standard InChI is InChI=1S/C27H23FN4O4S/c1-27(2,35)11-10-16-8-9-23-21(12-16)31(3)25(34)20(14-36-23)29-24(33)19-13-32-22(15-37-26(32)30-19)17-6-4-5-7-18(17)28/h4-9,12-13,15,20,35H,14H2,1-3H3,(H,29,33)/t20-/m0/s1. The highest BCUT2D eigenvalue weighted by Crippen LogP contribution is 2.32. The Morgan fingerprint density at radius 1 is 1.30 bits per heavy atom. The van der Waals surface area contributed by atoms with E-state index < -0.39 is 17.6 Å². The number of ether oxygens (including phenoxy) is 1. The second-order valence-electron chi connectivity index (χ2n) is 9.11. The third kappa shape index (κ3) is 4.91. The topological polar surface area (TPSA) is 96.2 Å². The maximum atomic E-state index is 14.3. The summed E-state index contributed by atoms with van der Waals surface area (Å²) in [6.07, 6.45) is 1.52. The summed E-state index contributed by atoms with van der Waals surface area (Å²) >= 11 is 1.28. The summed E-state index contributed by atoms with van der Waals surface area (Å²) in [5, 5.41) is 14.3. The molecule has 0 spiro atoms. The normalized spacial score (nSPS) is 15.4. The van der Waals surface area contributed by atoms with Gasteiger partial charge >= 0.3 is 0 Å². The smallest absolute Gasteiger partial charge is 0.272 e. The highest BCUT2D eigenvalue weighted by Gasteiger charge is 2.31. The summed E-state index contributed by atoms with van der Waals surface area (Å²) in [6.45, 7) is 3.10. The Morgan fingerprint density at radius 3 is 2.84 bits per heavy atom. The molecule has 0 bridgehead atoms. The van der Waals surface area contributed by atoms with Gasteiger partial charge in [-0.1, -0.05) is 24.0 Å². The molecule has 0 aliphatic carbocycles. The zero-order valence-corrected chi connectivity index (χ0v) is 21.1. The number of rotatable bonds is 3. The number of carbonyl (C=O) groups excluding carboxylic acids is 2. The lowest BCUT2D eigenvalue weighted by molar-refractivity contribution is -0.120. The van der Waals surface area contributed by atoms with E-state index in [0.29, 0.717) is 33.2 Å². The summed E-state index contributed by atoms with van der Waals surface area (Å²) in [7, 11) is 1.59. The predicted octanol–water partition coefficient (Wildman–Crippen LogP) is 3.48. The van der Waals surface area contributed by atoms with Gasteiger partial charge in [0.05, 0.1) is 11.4 Å². The SMILES string of the molecule is CN1C(=O)[C@@H](NC(=O)c2cn3c(-c4ccccc4F)csc3n2)COc2ccc(C#CC(C)(C)O)cc21. The molecule has 1 atom stereocenters. The first-order valence-electron chi connectivity index (χ1n) is 11.4. The molecule has 1 aliphatic heterocycles.